The quantitative estimate of drug-likeness (QED) is 0.277. The summed E-state index contributed by atoms with van der Waals surface area (Å²) in [6.45, 7) is 10.3. The molecule has 0 atom stereocenters. The first-order chi connectivity index (χ1) is 13.0. The van der Waals surface area contributed by atoms with Crippen molar-refractivity contribution in [1.29, 1.82) is 0 Å². The van der Waals surface area contributed by atoms with Crippen molar-refractivity contribution in [2.24, 2.45) is 16.8 Å². The summed E-state index contributed by atoms with van der Waals surface area (Å²) in [4.78, 5) is 7.11. The number of sulfonamides is 1. The normalized spacial score (nSPS) is 20.4. The van der Waals surface area contributed by atoms with Gasteiger partial charge < -0.3 is 15.5 Å². The first kappa shape index (κ1) is 22.4. The highest BCUT2D eigenvalue weighted by molar-refractivity contribution is 7.89. The number of guanidine groups is 1. The van der Waals surface area contributed by atoms with Crippen LogP contribution < -0.4 is 15.4 Å². The number of hydrogen-bond acceptors (Lipinski definition) is 4. The van der Waals surface area contributed by atoms with E-state index in [1.165, 1.54) is 32.4 Å². The maximum atomic E-state index is 12.1. The molecule has 0 aromatic heterocycles. The summed E-state index contributed by atoms with van der Waals surface area (Å²) < 4.78 is 26.8. The van der Waals surface area contributed by atoms with E-state index in [0.717, 1.165) is 44.8 Å². The van der Waals surface area contributed by atoms with E-state index in [9.17, 15) is 8.42 Å². The van der Waals surface area contributed by atoms with Gasteiger partial charge in [0.25, 0.3) is 0 Å². The number of likely N-dealkylation sites (tertiary alicyclic amines) is 1. The highest BCUT2D eigenvalue weighted by atomic mass is 32.2. The topological polar surface area (TPSA) is 85.8 Å². The van der Waals surface area contributed by atoms with E-state index in [1.807, 2.05) is 6.92 Å². The van der Waals surface area contributed by atoms with Crippen molar-refractivity contribution in [2.75, 3.05) is 51.6 Å². The van der Waals surface area contributed by atoms with E-state index in [2.05, 4.69) is 32.2 Å². The van der Waals surface area contributed by atoms with E-state index < -0.39 is 10.0 Å². The van der Waals surface area contributed by atoms with Crippen LogP contribution in [-0.4, -0.2) is 70.8 Å². The summed E-state index contributed by atoms with van der Waals surface area (Å²) in [7, 11) is -3.21. The van der Waals surface area contributed by atoms with Gasteiger partial charge in [-0.1, -0.05) is 13.3 Å². The van der Waals surface area contributed by atoms with Gasteiger partial charge in [0.1, 0.15) is 0 Å². The molecule has 2 aliphatic rings. The van der Waals surface area contributed by atoms with Crippen LogP contribution in [0.1, 0.15) is 52.4 Å². The predicted molar refractivity (Wildman–Crippen MR) is 113 cm³/mol. The zero-order chi connectivity index (χ0) is 19.5. The van der Waals surface area contributed by atoms with Gasteiger partial charge in [-0.15, -0.1) is 0 Å². The lowest BCUT2D eigenvalue weighted by Crippen LogP contribution is -2.42. The summed E-state index contributed by atoms with van der Waals surface area (Å²) in [5.41, 5.74) is 0. The van der Waals surface area contributed by atoms with Crippen molar-refractivity contribution in [3.8, 4) is 0 Å². The van der Waals surface area contributed by atoms with E-state index in [-0.39, 0.29) is 5.75 Å². The van der Waals surface area contributed by atoms with Crippen LogP contribution in [-0.2, 0) is 10.0 Å². The minimum absolute atomic E-state index is 0.0795. The molecule has 1 aliphatic heterocycles. The number of nitrogens with one attached hydrogen (secondary N) is 3. The van der Waals surface area contributed by atoms with Crippen molar-refractivity contribution in [3.05, 3.63) is 0 Å². The maximum Gasteiger partial charge on any atom is 0.213 e. The third kappa shape index (κ3) is 9.25. The largest absolute Gasteiger partial charge is 0.357 e. The third-order valence-electron chi connectivity index (χ3n) is 5.60. The van der Waals surface area contributed by atoms with Gasteiger partial charge in [0, 0.05) is 26.2 Å². The van der Waals surface area contributed by atoms with E-state index in [4.69, 9.17) is 0 Å². The molecular weight excluding hydrogens is 362 g/mol. The van der Waals surface area contributed by atoms with Crippen LogP contribution in [0.15, 0.2) is 4.99 Å². The molecule has 1 heterocycles. The molecule has 158 valence electrons. The number of rotatable bonds is 11. The first-order valence-electron chi connectivity index (χ1n) is 10.7. The van der Waals surface area contributed by atoms with Crippen molar-refractivity contribution in [2.45, 2.75) is 52.4 Å². The molecule has 7 nitrogen and oxygen atoms in total. The Morgan fingerprint density at radius 3 is 2.52 bits per heavy atom. The third-order valence-corrected chi connectivity index (χ3v) is 6.95. The maximum absolute atomic E-state index is 12.1. The summed E-state index contributed by atoms with van der Waals surface area (Å²) in [5.74, 6) is 2.19. The highest BCUT2D eigenvalue weighted by Gasteiger charge is 2.20. The lowest BCUT2D eigenvalue weighted by atomic mass is 9.86. The Morgan fingerprint density at radius 1 is 1.15 bits per heavy atom. The van der Waals surface area contributed by atoms with Crippen LogP contribution in [0.4, 0.5) is 0 Å². The Morgan fingerprint density at radius 2 is 1.89 bits per heavy atom. The van der Waals surface area contributed by atoms with Crippen LogP contribution in [0.2, 0.25) is 0 Å². The minimum atomic E-state index is -3.21. The highest BCUT2D eigenvalue weighted by Crippen LogP contribution is 2.25. The Bertz CT molecular complexity index is 540. The SMILES string of the molecule is CCNC(=NCCCN1CCC(C)CC1)NCCS(=O)(=O)NCC1CCC1. The Labute approximate surface area is 165 Å². The zero-order valence-electron chi connectivity index (χ0n) is 17.2. The smallest absolute Gasteiger partial charge is 0.213 e. The predicted octanol–water partition coefficient (Wildman–Crippen LogP) is 1.38. The Hall–Kier alpha value is -0.860. The second kappa shape index (κ2) is 11.9. The number of aliphatic imine (C=N–C) groups is 1. The molecule has 1 saturated carbocycles. The lowest BCUT2D eigenvalue weighted by molar-refractivity contribution is 0.192. The molecule has 2 fully saturated rings. The summed E-state index contributed by atoms with van der Waals surface area (Å²) >= 11 is 0. The molecule has 0 unspecified atom stereocenters. The van der Waals surface area contributed by atoms with E-state index in [1.54, 1.807) is 0 Å². The molecule has 0 aromatic rings. The van der Waals surface area contributed by atoms with Gasteiger partial charge in [0.05, 0.1) is 5.75 Å². The van der Waals surface area contributed by atoms with E-state index in [0.29, 0.717) is 25.0 Å². The lowest BCUT2D eigenvalue weighted by Gasteiger charge is -2.29. The Balaban J connectivity index is 1.62. The minimum Gasteiger partial charge on any atom is -0.357 e. The van der Waals surface area contributed by atoms with Crippen LogP contribution in [0.25, 0.3) is 0 Å². The van der Waals surface area contributed by atoms with Crippen molar-refractivity contribution in [1.82, 2.24) is 20.3 Å². The van der Waals surface area contributed by atoms with Gasteiger partial charge in [0.15, 0.2) is 5.96 Å². The van der Waals surface area contributed by atoms with Gasteiger partial charge >= 0.3 is 0 Å². The average Bonchev–Trinajstić information content (AvgIpc) is 2.58. The molecular formula is C19H39N5O2S. The fourth-order valence-corrected chi connectivity index (χ4v) is 4.44. The molecule has 1 aliphatic carbocycles. The molecule has 8 heteroatoms. The number of nitrogens with zero attached hydrogens (tertiary/aromatic N) is 2. The van der Waals surface area contributed by atoms with Crippen LogP contribution >= 0.6 is 0 Å². The average molecular weight is 402 g/mol. The molecule has 0 amide bonds. The monoisotopic (exact) mass is 401 g/mol. The Kier molecular flexibility index (Phi) is 9.86. The van der Waals surface area contributed by atoms with Gasteiger partial charge in [-0.25, -0.2) is 13.1 Å². The van der Waals surface area contributed by atoms with Crippen molar-refractivity contribution < 1.29 is 8.42 Å². The fourth-order valence-electron chi connectivity index (χ4n) is 3.43. The molecule has 3 N–H and O–H groups in total. The molecule has 1 saturated heterocycles. The van der Waals surface area contributed by atoms with Gasteiger partial charge in [0.2, 0.25) is 10.0 Å². The summed E-state index contributed by atoms with van der Waals surface area (Å²) in [6, 6.07) is 0. The summed E-state index contributed by atoms with van der Waals surface area (Å²) in [6.07, 6.45) is 7.16. The molecule has 2 rings (SSSR count). The van der Waals surface area contributed by atoms with Crippen molar-refractivity contribution >= 4 is 16.0 Å². The molecule has 0 radical (unpaired) electrons. The molecule has 0 bridgehead atoms. The number of piperidine rings is 1. The van der Waals surface area contributed by atoms with Crippen LogP contribution in [0.5, 0.6) is 0 Å². The zero-order valence-corrected chi connectivity index (χ0v) is 18.0. The van der Waals surface area contributed by atoms with Crippen LogP contribution in [0, 0.1) is 11.8 Å². The van der Waals surface area contributed by atoms with Crippen molar-refractivity contribution in [3.63, 3.8) is 0 Å². The molecule has 27 heavy (non-hydrogen) atoms. The van der Waals surface area contributed by atoms with E-state index >= 15 is 0 Å². The molecule has 0 spiro atoms. The first-order valence-corrected chi connectivity index (χ1v) is 12.4. The standard InChI is InChI=1S/C19H39N5O2S/c1-3-20-19(21-10-5-12-24-13-8-17(2)9-14-24)22-11-15-27(25,26)23-16-18-6-4-7-18/h17-18,23H,3-16H2,1-2H3,(H2,20,21,22). The number of hydrogen-bond donors (Lipinski definition) is 3. The van der Waals surface area contributed by atoms with Gasteiger partial charge in [-0.3, -0.25) is 4.99 Å². The summed E-state index contributed by atoms with van der Waals surface area (Å²) in [5, 5.41) is 6.33. The van der Waals surface area contributed by atoms with Gasteiger partial charge in [-0.2, -0.15) is 0 Å². The van der Waals surface area contributed by atoms with Crippen LogP contribution in [0.3, 0.4) is 0 Å². The van der Waals surface area contributed by atoms with Gasteiger partial charge in [-0.05, 0) is 70.5 Å². The molecule has 0 aromatic carbocycles. The second-order valence-electron chi connectivity index (χ2n) is 8.03. The second-order valence-corrected chi connectivity index (χ2v) is 9.96. The fraction of sp³-hybridized carbons (Fsp3) is 0.947.